The van der Waals surface area contributed by atoms with Gasteiger partial charge in [-0.2, -0.15) is 9.94 Å². The number of hydrogen-bond acceptors (Lipinski definition) is 8. The number of nitriles is 1. The Balaban J connectivity index is 1.64. The highest BCUT2D eigenvalue weighted by molar-refractivity contribution is 7.19. The standard InChI is InChI=1S/C40H48ClN7OS/c1-6-10-15-28(8-3)25-47(26-29(9-4)16-11-7-2)40-45-36(31-19-21-32(41)22-20-31)38(50-40)44-35-27(5)33(24-42)39(49)48-37(35)43-34(46-48)23-30-17-13-12-14-18-30/h12-14,17-22,28-29H,6-11,15-16,23,25-26H2,1-5H3/b44-35-. The number of nitrogens with zero attached hydrogens (tertiary/aromatic N) is 7. The summed E-state index contributed by atoms with van der Waals surface area (Å²) >= 11 is 7.88. The molecule has 0 saturated heterocycles. The molecular weight excluding hydrogens is 662 g/mol. The van der Waals surface area contributed by atoms with E-state index in [1.165, 1.54) is 43.2 Å². The fraction of sp³-hybridized carbons (Fsp3) is 0.450. The first-order valence-electron chi connectivity index (χ1n) is 18.1. The molecule has 50 heavy (non-hydrogen) atoms. The number of thiazole rings is 1. The highest BCUT2D eigenvalue weighted by Gasteiger charge is 2.33. The Bertz CT molecular complexity index is 1830. The lowest BCUT2D eigenvalue weighted by molar-refractivity contribution is 0.0941. The normalized spacial score (nSPS) is 14.9. The highest BCUT2D eigenvalue weighted by Crippen LogP contribution is 2.42. The number of aromatic nitrogens is 4. The zero-order valence-corrected chi connectivity index (χ0v) is 31.5. The van der Waals surface area contributed by atoms with E-state index in [9.17, 15) is 10.1 Å². The molecule has 0 bridgehead atoms. The number of benzene rings is 2. The molecule has 8 nitrogen and oxygen atoms in total. The summed E-state index contributed by atoms with van der Waals surface area (Å²) in [5.41, 5.74) is 3.60. The number of hydrogen-bond donors (Lipinski definition) is 0. The SMILES string of the molecule is CCCCC(CC)CN(CC(CC)CCCC)c1nc(-c2ccc(Cl)cc2)c(/N=C2/C(C)=C(C#N)C(=O)n3nc(Cc4ccccc4)nc32)s1. The van der Waals surface area contributed by atoms with Crippen LogP contribution in [0.4, 0.5) is 10.1 Å². The number of carbonyl (C=O) groups is 1. The van der Waals surface area contributed by atoms with Crippen molar-refractivity contribution < 1.29 is 4.79 Å². The van der Waals surface area contributed by atoms with E-state index in [-0.39, 0.29) is 5.57 Å². The molecule has 0 spiro atoms. The maximum Gasteiger partial charge on any atom is 0.291 e. The first kappa shape index (κ1) is 37.1. The maximum absolute atomic E-state index is 13.4. The van der Waals surface area contributed by atoms with E-state index in [1.54, 1.807) is 18.3 Å². The fourth-order valence-electron chi connectivity index (χ4n) is 6.42. The number of anilines is 1. The minimum atomic E-state index is -0.491. The third-order valence-electron chi connectivity index (χ3n) is 9.56. The molecule has 0 aliphatic carbocycles. The van der Waals surface area contributed by atoms with E-state index in [0.717, 1.165) is 47.9 Å². The van der Waals surface area contributed by atoms with Crippen molar-refractivity contribution in [1.82, 2.24) is 19.7 Å². The van der Waals surface area contributed by atoms with Crippen LogP contribution in [0.1, 0.15) is 108 Å². The second-order valence-electron chi connectivity index (χ2n) is 13.2. The van der Waals surface area contributed by atoms with Crippen LogP contribution in [0.3, 0.4) is 0 Å². The van der Waals surface area contributed by atoms with E-state index in [1.807, 2.05) is 54.6 Å². The summed E-state index contributed by atoms with van der Waals surface area (Å²) in [4.78, 5) is 31.3. The van der Waals surface area contributed by atoms with Crippen molar-refractivity contribution in [2.24, 2.45) is 16.8 Å². The minimum Gasteiger partial charge on any atom is -0.347 e. The zero-order chi connectivity index (χ0) is 35.6. The molecular formula is C40H48ClN7OS. The van der Waals surface area contributed by atoms with Gasteiger partial charge in [-0.3, -0.25) is 4.79 Å². The number of rotatable bonds is 17. The molecule has 0 amide bonds. The zero-order valence-electron chi connectivity index (χ0n) is 30.0. The molecule has 0 fully saturated rings. The summed E-state index contributed by atoms with van der Waals surface area (Å²) < 4.78 is 1.23. The van der Waals surface area contributed by atoms with Gasteiger partial charge in [-0.05, 0) is 49.3 Å². The third-order valence-corrected chi connectivity index (χ3v) is 10.8. The van der Waals surface area contributed by atoms with Crippen LogP contribution in [0, 0.1) is 23.2 Å². The van der Waals surface area contributed by atoms with Crippen LogP contribution in [0.2, 0.25) is 5.02 Å². The molecule has 2 atom stereocenters. The Morgan fingerprint density at radius 1 is 0.940 bits per heavy atom. The lowest BCUT2D eigenvalue weighted by atomic mass is 9.96. The monoisotopic (exact) mass is 709 g/mol. The van der Waals surface area contributed by atoms with Gasteiger partial charge in [0.1, 0.15) is 28.0 Å². The van der Waals surface area contributed by atoms with Crippen molar-refractivity contribution in [2.45, 2.75) is 92.4 Å². The minimum absolute atomic E-state index is 0.00948. The van der Waals surface area contributed by atoms with Crippen LogP contribution in [-0.2, 0) is 6.42 Å². The topological polar surface area (TPSA) is 100 Å². The fourth-order valence-corrected chi connectivity index (χ4v) is 7.53. The molecule has 1 aliphatic heterocycles. The summed E-state index contributed by atoms with van der Waals surface area (Å²) in [6.07, 6.45) is 9.85. The van der Waals surface area contributed by atoms with Crippen molar-refractivity contribution in [1.29, 1.82) is 5.26 Å². The summed E-state index contributed by atoms with van der Waals surface area (Å²) in [6.45, 7) is 12.7. The molecule has 2 aromatic carbocycles. The number of fused-ring (bicyclic) bond motifs is 1. The molecule has 4 aromatic rings. The molecule has 2 aromatic heterocycles. The number of aliphatic imine (C=N–C) groups is 1. The van der Waals surface area contributed by atoms with Crippen LogP contribution in [-0.4, -0.2) is 44.5 Å². The van der Waals surface area contributed by atoms with E-state index in [0.29, 0.717) is 51.2 Å². The van der Waals surface area contributed by atoms with Gasteiger partial charge in [-0.25, -0.2) is 15.0 Å². The first-order valence-corrected chi connectivity index (χ1v) is 19.3. The lowest BCUT2D eigenvalue weighted by Gasteiger charge is -2.30. The Hall–Kier alpha value is -4.13. The van der Waals surface area contributed by atoms with Gasteiger partial charge >= 0.3 is 0 Å². The van der Waals surface area contributed by atoms with Crippen molar-refractivity contribution in [3.8, 4) is 17.3 Å². The van der Waals surface area contributed by atoms with Crippen LogP contribution in [0.25, 0.3) is 11.3 Å². The van der Waals surface area contributed by atoms with Crippen LogP contribution >= 0.6 is 22.9 Å². The van der Waals surface area contributed by atoms with Gasteiger partial charge in [-0.1, -0.05) is 132 Å². The number of halogens is 1. The van der Waals surface area contributed by atoms with Crippen LogP contribution in [0.5, 0.6) is 0 Å². The summed E-state index contributed by atoms with van der Waals surface area (Å²) in [5.74, 6) is 1.46. The molecule has 10 heteroatoms. The second-order valence-corrected chi connectivity index (χ2v) is 14.6. The van der Waals surface area contributed by atoms with E-state index >= 15 is 0 Å². The van der Waals surface area contributed by atoms with Crippen LogP contribution < -0.4 is 4.90 Å². The van der Waals surface area contributed by atoms with Gasteiger partial charge in [-0.15, -0.1) is 5.10 Å². The van der Waals surface area contributed by atoms with Crippen molar-refractivity contribution in [2.75, 3.05) is 18.0 Å². The summed E-state index contributed by atoms with van der Waals surface area (Å²) in [5, 5.41) is 16.9. The molecule has 262 valence electrons. The largest absolute Gasteiger partial charge is 0.347 e. The molecule has 0 N–H and O–H groups in total. The number of allylic oxidation sites excluding steroid dienone is 2. The summed E-state index contributed by atoms with van der Waals surface area (Å²) in [7, 11) is 0. The maximum atomic E-state index is 13.4. The lowest BCUT2D eigenvalue weighted by Crippen LogP contribution is -2.34. The molecule has 0 radical (unpaired) electrons. The van der Waals surface area contributed by atoms with E-state index in [2.05, 4.69) is 43.8 Å². The van der Waals surface area contributed by atoms with Gasteiger partial charge in [0.25, 0.3) is 5.91 Å². The first-order chi connectivity index (χ1) is 24.3. The van der Waals surface area contributed by atoms with Crippen molar-refractivity contribution in [3.63, 3.8) is 0 Å². The predicted molar refractivity (Wildman–Crippen MR) is 206 cm³/mol. The van der Waals surface area contributed by atoms with Gasteiger partial charge in [0.05, 0.1) is 0 Å². The Labute approximate surface area is 306 Å². The average molecular weight is 710 g/mol. The Kier molecular flexibility index (Phi) is 13.1. The Morgan fingerprint density at radius 2 is 1.58 bits per heavy atom. The highest BCUT2D eigenvalue weighted by atomic mass is 35.5. The van der Waals surface area contributed by atoms with Gasteiger partial charge in [0, 0.05) is 35.7 Å². The molecule has 2 unspecified atom stereocenters. The van der Waals surface area contributed by atoms with Gasteiger partial charge < -0.3 is 4.90 Å². The molecule has 0 saturated carbocycles. The molecule has 3 heterocycles. The third kappa shape index (κ3) is 8.77. The smallest absolute Gasteiger partial charge is 0.291 e. The Morgan fingerprint density at radius 3 is 2.16 bits per heavy atom. The van der Waals surface area contributed by atoms with Crippen molar-refractivity contribution in [3.05, 3.63) is 88.0 Å². The average Bonchev–Trinajstić information content (AvgIpc) is 3.75. The van der Waals surface area contributed by atoms with Gasteiger partial charge in [0.2, 0.25) is 0 Å². The van der Waals surface area contributed by atoms with Crippen molar-refractivity contribution >= 4 is 44.7 Å². The van der Waals surface area contributed by atoms with Gasteiger partial charge in [0.15, 0.2) is 16.8 Å². The van der Waals surface area contributed by atoms with E-state index < -0.39 is 5.91 Å². The summed E-state index contributed by atoms with van der Waals surface area (Å²) in [6, 6.07) is 19.7. The van der Waals surface area contributed by atoms with E-state index in [4.69, 9.17) is 26.6 Å². The number of unbranched alkanes of at least 4 members (excludes halogenated alkanes) is 2. The molecule has 1 aliphatic rings. The quantitative estimate of drug-likeness (QED) is 0.108. The second kappa shape index (κ2) is 17.7. The predicted octanol–water partition coefficient (Wildman–Crippen LogP) is 10.5. The van der Waals surface area contributed by atoms with Crippen LogP contribution in [0.15, 0.2) is 70.7 Å². The number of carbonyl (C=O) groups excluding carboxylic acids is 1. The molecule has 5 rings (SSSR count).